The molecule has 0 bridgehead atoms. The molecule has 0 aliphatic carbocycles. The van der Waals surface area contributed by atoms with E-state index in [1.807, 2.05) is 19.2 Å². The fourth-order valence-electron chi connectivity index (χ4n) is 1.78. The van der Waals surface area contributed by atoms with Crippen LogP contribution in [-0.2, 0) is 6.54 Å². The predicted molar refractivity (Wildman–Crippen MR) is 71.3 cm³/mol. The van der Waals surface area contributed by atoms with Crippen LogP contribution < -0.4 is 11.5 Å². The molecule has 1 unspecified atom stereocenters. The van der Waals surface area contributed by atoms with E-state index in [0.717, 1.165) is 17.7 Å². The number of carbonyl (C=O) groups is 1. The highest BCUT2D eigenvalue weighted by Crippen LogP contribution is 2.11. The zero-order valence-electron chi connectivity index (χ0n) is 10.8. The van der Waals surface area contributed by atoms with Gasteiger partial charge in [-0.05, 0) is 24.1 Å². The van der Waals surface area contributed by atoms with Crippen LogP contribution in [0.15, 0.2) is 30.5 Å². The van der Waals surface area contributed by atoms with Gasteiger partial charge in [-0.2, -0.15) is 0 Å². The summed E-state index contributed by atoms with van der Waals surface area (Å²) in [6, 6.07) is 7.05. The van der Waals surface area contributed by atoms with Crippen LogP contribution in [0.1, 0.15) is 41.0 Å². The highest BCUT2D eigenvalue weighted by atomic mass is 16.1. The van der Waals surface area contributed by atoms with Gasteiger partial charge in [-0.25, -0.2) is 4.68 Å². The maximum atomic E-state index is 11.1. The van der Waals surface area contributed by atoms with Gasteiger partial charge in [0.15, 0.2) is 0 Å². The van der Waals surface area contributed by atoms with E-state index in [0.29, 0.717) is 12.1 Å². The fraction of sp³-hybridized carbons (Fsp3) is 0.308. The lowest BCUT2D eigenvalue weighted by atomic mass is 10.1. The van der Waals surface area contributed by atoms with E-state index in [4.69, 9.17) is 11.5 Å². The minimum Gasteiger partial charge on any atom is -0.366 e. The van der Waals surface area contributed by atoms with Gasteiger partial charge in [0.05, 0.1) is 24.5 Å². The zero-order chi connectivity index (χ0) is 13.8. The lowest BCUT2D eigenvalue weighted by Gasteiger charge is -2.03. The number of rotatable bonds is 5. The Labute approximate surface area is 111 Å². The molecule has 1 aromatic heterocycles. The van der Waals surface area contributed by atoms with Crippen molar-refractivity contribution in [3.8, 4) is 0 Å². The lowest BCUT2D eigenvalue weighted by Crippen LogP contribution is -2.11. The van der Waals surface area contributed by atoms with Crippen molar-refractivity contribution in [3.63, 3.8) is 0 Å². The van der Waals surface area contributed by atoms with Gasteiger partial charge in [-0.1, -0.05) is 24.3 Å². The zero-order valence-corrected chi connectivity index (χ0v) is 10.8. The largest absolute Gasteiger partial charge is 0.366 e. The van der Waals surface area contributed by atoms with Crippen LogP contribution in [0, 0.1) is 0 Å². The van der Waals surface area contributed by atoms with E-state index in [-0.39, 0.29) is 6.04 Å². The number of hydrogen-bond donors (Lipinski definition) is 2. The molecule has 6 nitrogen and oxygen atoms in total. The molecule has 2 rings (SSSR count). The van der Waals surface area contributed by atoms with Gasteiger partial charge in [0, 0.05) is 5.56 Å². The first-order valence-corrected chi connectivity index (χ1v) is 6.14. The molecule has 0 aliphatic heterocycles. The monoisotopic (exact) mass is 259 g/mol. The predicted octanol–water partition coefficient (Wildman–Crippen LogP) is 0.835. The van der Waals surface area contributed by atoms with Crippen molar-refractivity contribution in [1.82, 2.24) is 15.0 Å². The number of nitrogens with two attached hydrogens (primary N) is 2. The van der Waals surface area contributed by atoms with Crippen LogP contribution in [0.5, 0.6) is 0 Å². The summed E-state index contributed by atoms with van der Waals surface area (Å²) in [5.41, 5.74) is 13.3. The minimum absolute atomic E-state index is 0.0919. The van der Waals surface area contributed by atoms with Gasteiger partial charge in [0.25, 0.3) is 0 Å². The smallest absolute Gasteiger partial charge is 0.248 e. The lowest BCUT2D eigenvalue weighted by molar-refractivity contribution is 0.1000. The van der Waals surface area contributed by atoms with Crippen LogP contribution in [0.4, 0.5) is 0 Å². The van der Waals surface area contributed by atoms with E-state index in [1.54, 1.807) is 22.9 Å². The highest BCUT2D eigenvalue weighted by molar-refractivity contribution is 5.92. The summed E-state index contributed by atoms with van der Waals surface area (Å²) in [5.74, 6) is -0.436. The average molecular weight is 259 g/mol. The summed E-state index contributed by atoms with van der Waals surface area (Å²) in [6.45, 7) is 2.53. The van der Waals surface area contributed by atoms with Crippen LogP contribution in [-0.4, -0.2) is 20.9 Å². The molecule has 1 amide bonds. The number of carbonyl (C=O) groups excluding carboxylic acids is 1. The van der Waals surface area contributed by atoms with Gasteiger partial charge in [-0.15, -0.1) is 5.10 Å². The third kappa shape index (κ3) is 3.17. The summed E-state index contributed by atoms with van der Waals surface area (Å²) >= 11 is 0. The Morgan fingerprint density at radius 1 is 1.47 bits per heavy atom. The number of aromatic nitrogens is 3. The quantitative estimate of drug-likeness (QED) is 0.830. The first kappa shape index (κ1) is 13.2. The highest BCUT2D eigenvalue weighted by Gasteiger charge is 2.09. The van der Waals surface area contributed by atoms with E-state index in [9.17, 15) is 4.79 Å². The fourth-order valence-corrected chi connectivity index (χ4v) is 1.78. The van der Waals surface area contributed by atoms with Crippen LogP contribution in [0.3, 0.4) is 0 Å². The van der Waals surface area contributed by atoms with Gasteiger partial charge < -0.3 is 11.5 Å². The Balaban J connectivity index is 2.15. The summed E-state index contributed by atoms with van der Waals surface area (Å²) in [4.78, 5) is 11.1. The Hall–Kier alpha value is -2.21. The Kier molecular flexibility index (Phi) is 3.91. The number of amides is 1. The van der Waals surface area contributed by atoms with Crippen molar-refractivity contribution >= 4 is 5.91 Å². The molecule has 0 spiro atoms. The van der Waals surface area contributed by atoms with Crippen molar-refractivity contribution in [3.05, 3.63) is 47.3 Å². The van der Waals surface area contributed by atoms with E-state index >= 15 is 0 Å². The second kappa shape index (κ2) is 5.62. The maximum absolute atomic E-state index is 11.1. The van der Waals surface area contributed by atoms with Crippen molar-refractivity contribution in [1.29, 1.82) is 0 Å². The summed E-state index contributed by atoms with van der Waals surface area (Å²) in [7, 11) is 0. The Morgan fingerprint density at radius 3 is 2.95 bits per heavy atom. The standard InChI is InChI=1S/C13H17N5O/c1-2-11(14)12-8-18(17-16-12)7-9-4-3-5-10(6-9)13(15)19/h3-6,8,11H,2,7,14H2,1H3,(H2,15,19). The van der Waals surface area contributed by atoms with E-state index in [1.165, 1.54) is 0 Å². The molecular formula is C13H17N5O. The van der Waals surface area contributed by atoms with Crippen molar-refractivity contribution < 1.29 is 4.79 Å². The second-order valence-electron chi connectivity index (χ2n) is 4.42. The third-order valence-electron chi connectivity index (χ3n) is 2.93. The summed E-state index contributed by atoms with van der Waals surface area (Å²) in [6.07, 6.45) is 2.64. The van der Waals surface area contributed by atoms with Gasteiger partial charge in [-0.3, -0.25) is 4.79 Å². The van der Waals surface area contributed by atoms with Gasteiger partial charge in [0.2, 0.25) is 5.91 Å². The van der Waals surface area contributed by atoms with Gasteiger partial charge >= 0.3 is 0 Å². The van der Waals surface area contributed by atoms with Crippen molar-refractivity contribution in [2.24, 2.45) is 11.5 Å². The molecule has 0 saturated carbocycles. The maximum Gasteiger partial charge on any atom is 0.248 e. The Morgan fingerprint density at radius 2 is 2.26 bits per heavy atom. The molecule has 100 valence electrons. The normalized spacial score (nSPS) is 12.3. The number of hydrogen-bond acceptors (Lipinski definition) is 4. The molecule has 6 heteroatoms. The molecular weight excluding hydrogens is 242 g/mol. The van der Waals surface area contributed by atoms with E-state index in [2.05, 4.69) is 10.3 Å². The number of benzene rings is 1. The number of nitrogens with zero attached hydrogens (tertiary/aromatic N) is 3. The molecule has 1 heterocycles. The molecule has 0 fully saturated rings. The molecule has 2 aromatic rings. The van der Waals surface area contributed by atoms with Crippen LogP contribution >= 0.6 is 0 Å². The van der Waals surface area contributed by atoms with E-state index < -0.39 is 5.91 Å². The number of primary amides is 1. The Bertz CT molecular complexity index is 578. The summed E-state index contributed by atoms with van der Waals surface area (Å²) < 4.78 is 1.70. The second-order valence-corrected chi connectivity index (χ2v) is 4.42. The molecule has 1 atom stereocenters. The molecule has 1 aromatic carbocycles. The first-order valence-electron chi connectivity index (χ1n) is 6.14. The molecule has 0 aliphatic rings. The third-order valence-corrected chi connectivity index (χ3v) is 2.93. The van der Waals surface area contributed by atoms with Crippen molar-refractivity contribution in [2.75, 3.05) is 0 Å². The van der Waals surface area contributed by atoms with Crippen LogP contribution in [0.25, 0.3) is 0 Å². The average Bonchev–Trinajstić information content (AvgIpc) is 2.86. The van der Waals surface area contributed by atoms with Gasteiger partial charge in [0.1, 0.15) is 0 Å². The minimum atomic E-state index is -0.436. The SMILES string of the molecule is CCC(N)c1cn(Cc2cccc(C(N)=O)c2)nn1. The molecule has 4 N–H and O–H groups in total. The first-order chi connectivity index (χ1) is 9.10. The summed E-state index contributed by atoms with van der Waals surface area (Å²) in [5, 5.41) is 8.06. The molecule has 19 heavy (non-hydrogen) atoms. The molecule has 0 radical (unpaired) electrons. The molecule has 0 saturated heterocycles. The topological polar surface area (TPSA) is 99.8 Å². The van der Waals surface area contributed by atoms with Crippen molar-refractivity contribution in [2.45, 2.75) is 25.9 Å². The van der Waals surface area contributed by atoms with Crippen LogP contribution in [0.2, 0.25) is 0 Å².